The highest BCUT2D eigenvalue weighted by Crippen LogP contribution is 2.59. The van der Waals surface area contributed by atoms with Crippen LogP contribution in [-0.4, -0.2) is 0 Å². The second kappa shape index (κ2) is 2.89. The maximum absolute atomic E-state index is 3.53. The molecule has 4 aliphatic rings. The first-order chi connectivity index (χ1) is 6.30. The molecule has 0 spiro atoms. The molecule has 70 valence electrons. The molecular formula is C12H15I. The van der Waals surface area contributed by atoms with Crippen molar-refractivity contribution in [2.45, 2.75) is 38.5 Å². The van der Waals surface area contributed by atoms with Crippen LogP contribution >= 0.6 is 22.6 Å². The molecule has 4 rings (SSSR count). The molecule has 0 N–H and O–H groups in total. The molecule has 0 radical (unpaired) electrons. The van der Waals surface area contributed by atoms with Crippen LogP contribution < -0.4 is 0 Å². The summed E-state index contributed by atoms with van der Waals surface area (Å²) in [5, 5.41) is 0. The molecule has 0 aliphatic heterocycles. The average molecular weight is 286 g/mol. The maximum Gasteiger partial charge on any atom is 0.0330 e. The summed E-state index contributed by atoms with van der Waals surface area (Å²) in [4.78, 5) is 0. The summed E-state index contributed by atoms with van der Waals surface area (Å²) in [6, 6.07) is 0. The van der Waals surface area contributed by atoms with Gasteiger partial charge in [0.05, 0.1) is 0 Å². The molecule has 4 fully saturated rings. The molecule has 1 heteroatoms. The molecule has 0 aromatic heterocycles. The number of rotatable bonds is 0. The largest absolute Gasteiger partial charge is 0.0850 e. The summed E-state index contributed by atoms with van der Waals surface area (Å²) in [5.41, 5.74) is 0.482. The third-order valence-electron chi connectivity index (χ3n) is 4.35. The molecule has 4 aliphatic carbocycles. The van der Waals surface area contributed by atoms with Crippen molar-refractivity contribution in [1.29, 1.82) is 0 Å². The molecule has 0 heterocycles. The van der Waals surface area contributed by atoms with E-state index in [1.165, 1.54) is 38.5 Å². The van der Waals surface area contributed by atoms with Crippen LogP contribution in [0.5, 0.6) is 0 Å². The molecule has 0 amide bonds. The number of halogens is 1. The predicted octanol–water partition coefficient (Wildman–Crippen LogP) is 3.60. The van der Waals surface area contributed by atoms with Crippen molar-refractivity contribution < 1.29 is 0 Å². The zero-order valence-corrected chi connectivity index (χ0v) is 10.0. The van der Waals surface area contributed by atoms with Crippen LogP contribution in [0.15, 0.2) is 0 Å². The van der Waals surface area contributed by atoms with E-state index in [1.54, 1.807) is 0 Å². The normalized spacial score (nSPS) is 51.6. The Morgan fingerprint density at radius 2 is 1.38 bits per heavy atom. The Morgan fingerprint density at radius 3 is 1.77 bits per heavy atom. The van der Waals surface area contributed by atoms with Crippen molar-refractivity contribution in [1.82, 2.24) is 0 Å². The summed E-state index contributed by atoms with van der Waals surface area (Å²) in [6.07, 6.45) is 8.87. The van der Waals surface area contributed by atoms with Gasteiger partial charge in [0, 0.05) is 28.0 Å². The Hall–Kier alpha value is 0.290. The Kier molecular flexibility index (Phi) is 1.91. The molecule has 0 aromatic carbocycles. The summed E-state index contributed by atoms with van der Waals surface area (Å²) < 4.78 is 3.14. The monoisotopic (exact) mass is 286 g/mol. The lowest BCUT2D eigenvalue weighted by Gasteiger charge is -2.54. The Labute approximate surface area is 94.0 Å². The van der Waals surface area contributed by atoms with Crippen LogP contribution in [0.3, 0.4) is 0 Å². The number of hydrogen-bond donors (Lipinski definition) is 0. The lowest BCUT2D eigenvalue weighted by molar-refractivity contribution is -0.0180. The fraction of sp³-hybridized carbons (Fsp3) is 0.833. The summed E-state index contributed by atoms with van der Waals surface area (Å²) in [7, 11) is 0. The van der Waals surface area contributed by atoms with Crippen molar-refractivity contribution in [2.24, 2.45) is 23.2 Å². The standard InChI is InChI=1S/C12H15I/c13-2-1-12-6-9-3-10(7-12)5-11(4-9)8-12/h9-11H,3-8H2. The van der Waals surface area contributed by atoms with Crippen molar-refractivity contribution in [3.8, 4) is 9.85 Å². The zero-order chi connectivity index (χ0) is 8.89. The molecule has 0 aromatic rings. The Balaban J connectivity index is 1.94. The van der Waals surface area contributed by atoms with Crippen LogP contribution in [0.2, 0.25) is 0 Å². The van der Waals surface area contributed by atoms with Gasteiger partial charge >= 0.3 is 0 Å². The van der Waals surface area contributed by atoms with E-state index < -0.39 is 0 Å². The predicted molar refractivity (Wildman–Crippen MR) is 62.4 cm³/mol. The van der Waals surface area contributed by atoms with Crippen molar-refractivity contribution >= 4 is 22.6 Å². The van der Waals surface area contributed by atoms with Crippen molar-refractivity contribution in [3.05, 3.63) is 0 Å². The lowest BCUT2D eigenvalue weighted by Crippen LogP contribution is -2.45. The number of hydrogen-bond acceptors (Lipinski definition) is 0. The van der Waals surface area contributed by atoms with E-state index in [2.05, 4.69) is 32.4 Å². The molecule has 4 bridgehead atoms. The fourth-order valence-electron chi connectivity index (χ4n) is 4.36. The van der Waals surface area contributed by atoms with Gasteiger partial charge in [0.2, 0.25) is 0 Å². The topological polar surface area (TPSA) is 0 Å². The van der Waals surface area contributed by atoms with Gasteiger partial charge in [-0.1, -0.05) is 5.92 Å². The lowest BCUT2D eigenvalue weighted by atomic mass is 9.50. The van der Waals surface area contributed by atoms with Crippen LogP contribution in [0.25, 0.3) is 0 Å². The minimum atomic E-state index is 0.482. The molecule has 0 saturated heterocycles. The van der Waals surface area contributed by atoms with Gasteiger partial charge in [0.15, 0.2) is 0 Å². The van der Waals surface area contributed by atoms with E-state index in [1.807, 2.05) is 0 Å². The second-order valence-corrected chi connectivity index (χ2v) is 5.96. The van der Waals surface area contributed by atoms with E-state index >= 15 is 0 Å². The third-order valence-corrected chi connectivity index (χ3v) is 4.62. The van der Waals surface area contributed by atoms with E-state index in [0.717, 1.165) is 17.8 Å². The summed E-state index contributed by atoms with van der Waals surface area (Å²) in [5.74, 6) is 6.66. The van der Waals surface area contributed by atoms with E-state index in [4.69, 9.17) is 0 Å². The highest BCUT2D eigenvalue weighted by atomic mass is 127. The fourth-order valence-corrected chi connectivity index (χ4v) is 4.94. The smallest absolute Gasteiger partial charge is 0.0330 e. The Morgan fingerprint density at radius 1 is 0.923 bits per heavy atom. The van der Waals surface area contributed by atoms with Gasteiger partial charge in [-0.3, -0.25) is 0 Å². The van der Waals surface area contributed by atoms with E-state index in [-0.39, 0.29) is 0 Å². The van der Waals surface area contributed by atoms with Crippen molar-refractivity contribution in [2.75, 3.05) is 0 Å². The van der Waals surface area contributed by atoms with Gasteiger partial charge in [-0.15, -0.1) is 0 Å². The first kappa shape index (κ1) is 8.59. The Bertz CT molecular complexity index is 246. The van der Waals surface area contributed by atoms with Crippen LogP contribution in [0.4, 0.5) is 0 Å². The van der Waals surface area contributed by atoms with E-state index in [9.17, 15) is 0 Å². The third kappa shape index (κ3) is 1.33. The quantitative estimate of drug-likeness (QED) is 0.471. The first-order valence-electron chi connectivity index (χ1n) is 5.42. The minimum absolute atomic E-state index is 0.482. The molecular weight excluding hydrogens is 271 g/mol. The molecule has 0 atom stereocenters. The first-order valence-corrected chi connectivity index (χ1v) is 6.50. The maximum atomic E-state index is 3.53. The highest BCUT2D eigenvalue weighted by molar-refractivity contribution is 14.1. The van der Waals surface area contributed by atoms with Gasteiger partial charge in [0.1, 0.15) is 0 Å². The second-order valence-electron chi connectivity index (χ2n) is 5.42. The van der Waals surface area contributed by atoms with Gasteiger partial charge in [-0.05, 0) is 60.2 Å². The van der Waals surface area contributed by atoms with Gasteiger partial charge in [0.25, 0.3) is 0 Å². The molecule has 4 saturated carbocycles. The molecule has 0 nitrogen and oxygen atoms in total. The zero-order valence-electron chi connectivity index (χ0n) is 7.85. The van der Waals surface area contributed by atoms with Gasteiger partial charge in [-0.25, -0.2) is 0 Å². The summed E-state index contributed by atoms with van der Waals surface area (Å²) >= 11 is 2.22. The van der Waals surface area contributed by atoms with Crippen molar-refractivity contribution in [3.63, 3.8) is 0 Å². The minimum Gasteiger partial charge on any atom is -0.0850 e. The van der Waals surface area contributed by atoms with Crippen LogP contribution in [-0.2, 0) is 0 Å². The highest BCUT2D eigenvalue weighted by Gasteiger charge is 2.50. The van der Waals surface area contributed by atoms with Gasteiger partial charge in [-0.2, -0.15) is 0 Å². The summed E-state index contributed by atoms with van der Waals surface area (Å²) in [6.45, 7) is 0. The molecule has 0 unspecified atom stereocenters. The van der Waals surface area contributed by atoms with E-state index in [0.29, 0.717) is 5.41 Å². The molecule has 13 heavy (non-hydrogen) atoms. The SMILES string of the molecule is IC#CC12CC3CC(CC(C3)C1)C2. The van der Waals surface area contributed by atoms with Crippen LogP contribution in [0, 0.1) is 33.0 Å². The average Bonchev–Trinajstić information content (AvgIpc) is 2.00. The van der Waals surface area contributed by atoms with Crippen LogP contribution in [0.1, 0.15) is 38.5 Å². The van der Waals surface area contributed by atoms with Gasteiger partial charge < -0.3 is 0 Å².